The summed E-state index contributed by atoms with van der Waals surface area (Å²) in [6, 6.07) is 9.36. The Balaban J connectivity index is 1.79. The average Bonchev–Trinajstić information content (AvgIpc) is 2.99. The van der Waals surface area contributed by atoms with Crippen molar-refractivity contribution in [2.24, 2.45) is 4.99 Å². The van der Waals surface area contributed by atoms with Crippen LogP contribution in [0.25, 0.3) is 0 Å². The Morgan fingerprint density at radius 1 is 1.25 bits per heavy atom. The number of hydrogen-bond acceptors (Lipinski definition) is 4. The van der Waals surface area contributed by atoms with Crippen molar-refractivity contribution in [2.45, 2.75) is 20.3 Å². The number of guanidine groups is 1. The van der Waals surface area contributed by atoms with E-state index in [1.165, 1.54) is 4.88 Å². The van der Waals surface area contributed by atoms with E-state index >= 15 is 0 Å². The van der Waals surface area contributed by atoms with Crippen molar-refractivity contribution in [1.29, 1.82) is 0 Å². The van der Waals surface area contributed by atoms with Gasteiger partial charge in [-0.15, -0.1) is 11.3 Å². The monoisotopic (exact) mass is 345 g/mol. The summed E-state index contributed by atoms with van der Waals surface area (Å²) in [5, 5.41) is 10.3. The third-order valence-corrected chi connectivity index (χ3v) is 4.06. The van der Waals surface area contributed by atoms with Crippen LogP contribution in [0.3, 0.4) is 0 Å². The number of para-hydroxylation sites is 1. The second-order valence-electron chi connectivity index (χ2n) is 5.15. The molecule has 0 aliphatic carbocycles. The van der Waals surface area contributed by atoms with Crippen molar-refractivity contribution in [3.8, 4) is 0 Å². The standard InChI is InChI=1S/C17H23N5OS/c1-3-18-17(19-10-9-16-20-11-13(2)24-16)21-12-15(23)22-14-7-5-4-6-8-14/h4-8,11H,3,9-10,12H2,1-2H3,(H,22,23)(H2,18,19,21). The summed E-state index contributed by atoms with van der Waals surface area (Å²) in [5.41, 5.74) is 0.773. The second-order valence-corrected chi connectivity index (χ2v) is 6.47. The first-order valence-corrected chi connectivity index (χ1v) is 8.77. The molecule has 0 fully saturated rings. The Morgan fingerprint density at radius 3 is 2.71 bits per heavy atom. The minimum atomic E-state index is -0.144. The Morgan fingerprint density at radius 2 is 2.04 bits per heavy atom. The normalized spacial score (nSPS) is 11.2. The molecule has 0 aliphatic heterocycles. The summed E-state index contributed by atoms with van der Waals surface area (Å²) in [4.78, 5) is 21.8. The van der Waals surface area contributed by atoms with Crippen LogP contribution in [0.1, 0.15) is 16.8 Å². The highest BCUT2D eigenvalue weighted by molar-refractivity contribution is 7.11. The molecule has 0 saturated carbocycles. The smallest absolute Gasteiger partial charge is 0.246 e. The van der Waals surface area contributed by atoms with Crippen LogP contribution in [0, 0.1) is 6.92 Å². The summed E-state index contributed by atoms with van der Waals surface area (Å²) in [6.07, 6.45) is 2.71. The van der Waals surface area contributed by atoms with E-state index in [9.17, 15) is 4.79 Å². The Kier molecular flexibility index (Phi) is 7.22. The summed E-state index contributed by atoms with van der Waals surface area (Å²) < 4.78 is 0. The van der Waals surface area contributed by atoms with Crippen molar-refractivity contribution < 1.29 is 4.79 Å². The van der Waals surface area contributed by atoms with Gasteiger partial charge in [-0.05, 0) is 26.0 Å². The molecule has 0 unspecified atom stereocenters. The zero-order valence-corrected chi connectivity index (χ0v) is 14.8. The molecule has 0 bridgehead atoms. The third-order valence-electron chi connectivity index (χ3n) is 3.08. The van der Waals surface area contributed by atoms with Crippen molar-refractivity contribution in [2.75, 3.05) is 25.0 Å². The summed E-state index contributed by atoms with van der Waals surface area (Å²) in [7, 11) is 0. The fourth-order valence-electron chi connectivity index (χ4n) is 2.02. The first kappa shape index (κ1) is 17.9. The summed E-state index contributed by atoms with van der Waals surface area (Å²) in [6.45, 7) is 5.57. The largest absolute Gasteiger partial charge is 0.357 e. The molecular weight excluding hydrogens is 322 g/mol. The summed E-state index contributed by atoms with van der Waals surface area (Å²) in [5.74, 6) is 0.489. The number of aryl methyl sites for hydroxylation is 1. The molecule has 1 amide bonds. The first-order chi connectivity index (χ1) is 11.7. The molecule has 1 aromatic heterocycles. The van der Waals surface area contributed by atoms with Gasteiger partial charge >= 0.3 is 0 Å². The van der Waals surface area contributed by atoms with Gasteiger partial charge in [0.05, 0.1) is 5.01 Å². The molecule has 6 nitrogen and oxygen atoms in total. The van der Waals surface area contributed by atoms with Crippen LogP contribution in [-0.2, 0) is 11.2 Å². The molecule has 24 heavy (non-hydrogen) atoms. The van der Waals surface area contributed by atoms with Crippen LogP contribution in [0.4, 0.5) is 5.69 Å². The van der Waals surface area contributed by atoms with Gasteiger partial charge in [-0.1, -0.05) is 18.2 Å². The molecule has 7 heteroatoms. The van der Waals surface area contributed by atoms with Gasteiger partial charge in [0.15, 0.2) is 5.96 Å². The SMILES string of the molecule is CCNC(=NCC(=O)Nc1ccccc1)NCCc1ncc(C)s1. The maximum Gasteiger partial charge on any atom is 0.246 e. The van der Waals surface area contributed by atoms with Crippen LogP contribution >= 0.6 is 11.3 Å². The predicted molar refractivity (Wildman–Crippen MR) is 99.6 cm³/mol. The number of nitrogens with one attached hydrogen (secondary N) is 3. The van der Waals surface area contributed by atoms with Gasteiger partial charge in [-0.3, -0.25) is 4.79 Å². The lowest BCUT2D eigenvalue weighted by Gasteiger charge is -2.10. The fourth-order valence-corrected chi connectivity index (χ4v) is 2.81. The van der Waals surface area contributed by atoms with Crippen molar-refractivity contribution >= 4 is 28.9 Å². The number of nitrogens with zero attached hydrogens (tertiary/aromatic N) is 2. The van der Waals surface area contributed by atoms with Crippen LogP contribution in [-0.4, -0.2) is 36.5 Å². The zero-order chi connectivity index (χ0) is 17.2. The maximum absolute atomic E-state index is 11.9. The molecule has 128 valence electrons. The number of rotatable bonds is 7. The molecule has 2 rings (SSSR count). The average molecular weight is 345 g/mol. The number of carbonyl (C=O) groups is 1. The number of aliphatic imine (C=N–C) groups is 1. The molecular formula is C17H23N5OS. The lowest BCUT2D eigenvalue weighted by Crippen LogP contribution is -2.39. The molecule has 3 N–H and O–H groups in total. The quantitative estimate of drug-likeness (QED) is 0.531. The second kappa shape index (κ2) is 9.67. The van der Waals surface area contributed by atoms with E-state index in [0.717, 1.165) is 30.2 Å². The van der Waals surface area contributed by atoms with Gasteiger partial charge < -0.3 is 16.0 Å². The van der Waals surface area contributed by atoms with E-state index in [1.807, 2.05) is 50.4 Å². The lowest BCUT2D eigenvalue weighted by molar-refractivity contribution is -0.114. The summed E-state index contributed by atoms with van der Waals surface area (Å²) >= 11 is 1.70. The third kappa shape index (κ3) is 6.37. The molecule has 0 radical (unpaired) electrons. The molecule has 2 aromatic rings. The van der Waals surface area contributed by atoms with Crippen molar-refractivity contribution in [3.05, 3.63) is 46.4 Å². The highest BCUT2D eigenvalue weighted by atomic mass is 32.1. The van der Waals surface area contributed by atoms with E-state index in [1.54, 1.807) is 11.3 Å². The topological polar surface area (TPSA) is 78.4 Å². The fraction of sp³-hybridized carbons (Fsp3) is 0.353. The molecule has 0 saturated heterocycles. The van der Waals surface area contributed by atoms with Crippen LogP contribution in [0.5, 0.6) is 0 Å². The molecule has 0 atom stereocenters. The van der Waals surface area contributed by atoms with Crippen molar-refractivity contribution in [3.63, 3.8) is 0 Å². The van der Waals surface area contributed by atoms with Crippen LogP contribution < -0.4 is 16.0 Å². The molecule has 0 spiro atoms. The van der Waals surface area contributed by atoms with Gasteiger partial charge in [0.2, 0.25) is 5.91 Å². The van der Waals surface area contributed by atoms with Crippen LogP contribution in [0.15, 0.2) is 41.5 Å². The number of thiazole rings is 1. The maximum atomic E-state index is 11.9. The van der Waals surface area contributed by atoms with Gasteiger partial charge in [-0.25, -0.2) is 9.98 Å². The van der Waals surface area contributed by atoms with Gasteiger partial charge in [0.25, 0.3) is 0 Å². The molecule has 1 heterocycles. The van der Waals surface area contributed by atoms with E-state index in [0.29, 0.717) is 5.96 Å². The molecule has 1 aromatic carbocycles. The number of amides is 1. The number of benzene rings is 1. The van der Waals surface area contributed by atoms with Crippen LogP contribution in [0.2, 0.25) is 0 Å². The number of aromatic nitrogens is 1. The Hall–Kier alpha value is -2.41. The number of anilines is 1. The minimum absolute atomic E-state index is 0.0700. The van der Waals surface area contributed by atoms with Crippen molar-refractivity contribution in [1.82, 2.24) is 15.6 Å². The van der Waals surface area contributed by atoms with E-state index < -0.39 is 0 Å². The number of carbonyl (C=O) groups excluding carboxylic acids is 1. The number of hydrogen-bond donors (Lipinski definition) is 3. The van der Waals surface area contributed by atoms with Gasteiger partial charge in [0.1, 0.15) is 6.54 Å². The van der Waals surface area contributed by atoms with E-state index in [-0.39, 0.29) is 12.5 Å². The van der Waals surface area contributed by atoms with Gasteiger partial charge in [0, 0.05) is 36.3 Å². The molecule has 0 aliphatic rings. The van der Waals surface area contributed by atoms with E-state index in [2.05, 4.69) is 25.9 Å². The van der Waals surface area contributed by atoms with E-state index in [4.69, 9.17) is 0 Å². The Bertz CT molecular complexity index is 669. The highest BCUT2D eigenvalue weighted by Gasteiger charge is 2.04. The van der Waals surface area contributed by atoms with Gasteiger partial charge in [-0.2, -0.15) is 0 Å². The lowest BCUT2D eigenvalue weighted by atomic mass is 10.3. The Labute approximate surface area is 146 Å². The predicted octanol–water partition coefficient (Wildman–Crippen LogP) is 2.19. The highest BCUT2D eigenvalue weighted by Crippen LogP contribution is 2.10. The minimum Gasteiger partial charge on any atom is -0.357 e. The first-order valence-electron chi connectivity index (χ1n) is 7.95. The zero-order valence-electron chi connectivity index (χ0n) is 14.0.